The molecule has 0 unspecified atom stereocenters. The van der Waals surface area contributed by atoms with Crippen molar-refractivity contribution >= 4 is 23.1 Å². The van der Waals surface area contributed by atoms with Crippen LogP contribution in [0.4, 0.5) is 0 Å². The quantitative estimate of drug-likeness (QED) is 0.197. The van der Waals surface area contributed by atoms with E-state index in [0.29, 0.717) is 0 Å². The first-order valence-corrected chi connectivity index (χ1v) is 15.7. The van der Waals surface area contributed by atoms with E-state index in [0.717, 1.165) is 19.3 Å². The van der Waals surface area contributed by atoms with Crippen LogP contribution in [0.2, 0.25) is 0 Å². The lowest BCUT2D eigenvalue weighted by Gasteiger charge is -2.19. The van der Waals surface area contributed by atoms with Gasteiger partial charge in [-0.2, -0.15) is 0 Å². The third-order valence-corrected chi connectivity index (χ3v) is 10.2. The van der Waals surface area contributed by atoms with Gasteiger partial charge in [-0.05, 0) is 107 Å². The van der Waals surface area contributed by atoms with E-state index in [4.69, 9.17) is 0 Å². The molecule has 0 N–H and O–H groups in total. The topological polar surface area (TPSA) is 0 Å². The summed E-state index contributed by atoms with van der Waals surface area (Å²) in [4.78, 5) is 0. The summed E-state index contributed by atoms with van der Waals surface area (Å²) in [6, 6.07) is 42.7. The molecule has 0 heterocycles. The summed E-state index contributed by atoms with van der Waals surface area (Å²) in [7, 11) is 0. The molecule has 3 aliphatic rings. The minimum atomic E-state index is 0.183. The van der Waals surface area contributed by atoms with Gasteiger partial charge in [-0.15, -0.1) is 0 Å². The van der Waals surface area contributed by atoms with Crippen molar-refractivity contribution in [2.45, 2.75) is 40.0 Å². The maximum atomic E-state index is 2.51. The highest BCUT2D eigenvalue weighted by Gasteiger charge is 2.29. The summed E-state index contributed by atoms with van der Waals surface area (Å²) < 4.78 is 0. The molecule has 204 valence electrons. The Morgan fingerprint density at radius 1 is 0.326 bits per heavy atom. The van der Waals surface area contributed by atoms with Crippen LogP contribution in [0.1, 0.15) is 50.1 Å². The first-order chi connectivity index (χ1) is 21.0. The summed E-state index contributed by atoms with van der Waals surface area (Å²) in [5.74, 6) is 0. The first-order valence-electron chi connectivity index (χ1n) is 15.7. The molecule has 0 fully saturated rings. The molecule has 0 radical (unpaired) electrons. The Balaban J connectivity index is 1.17. The van der Waals surface area contributed by atoms with Gasteiger partial charge in [0.1, 0.15) is 0 Å². The molecule has 6 aromatic carbocycles. The van der Waals surface area contributed by atoms with Gasteiger partial charge >= 0.3 is 0 Å². The molecule has 9 rings (SSSR count). The summed E-state index contributed by atoms with van der Waals surface area (Å²) in [5, 5.41) is 0. The Morgan fingerprint density at radius 2 is 0.581 bits per heavy atom. The van der Waals surface area contributed by atoms with E-state index in [-0.39, 0.29) is 6.71 Å². The van der Waals surface area contributed by atoms with Crippen molar-refractivity contribution in [2.75, 3.05) is 0 Å². The van der Waals surface area contributed by atoms with Crippen LogP contribution in [0.3, 0.4) is 0 Å². The van der Waals surface area contributed by atoms with E-state index in [2.05, 4.69) is 130 Å². The molecule has 6 aromatic rings. The molecule has 0 amide bonds. The zero-order chi connectivity index (χ0) is 28.8. The Bertz CT molecular complexity index is 1900. The molecule has 43 heavy (non-hydrogen) atoms. The smallest absolute Gasteiger partial charge is 0.0683 e. The van der Waals surface area contributed by atoms with Gasteiger partial charge in [0.15, 0.2) is 0 Å². The van der Waals surface area contributed by atoms with E-state index >= 15 is 0 Å². The van der Waals surface area contributed by atoms with E-state index in [1.165, 1.54) is 99.8 Å². The second-order valence-electron chi connectivity index (χ2n) is 13.2. The average Bonchev–Trinajstić information content (AvgIpc) is 3.65. The predicted octanol–water partition coefficient (Wildman–Crippen LogP) is 7.84. The van der Waals surface area contributed by atoms with Crippen molar-refractivity contribution in [3.8, 4) is 33.4 Å². The largest absolute Gasteiger partial charge is 0.241 e. The Labute approximate surface area is 255 Å². The number of hydrogen-bond acceptors (Lipinski definition) is 0. The minimum Gasteiger partial charge on any atom is -0.0683 e. The number of benzene rings is 6. The molecule has 0 aromatic heterocycles. The zero-order valence-corrected chi connectivity index (χ0v) is 25.1. The Morgan fingerprint density at radius 3 is 0.884 bits per heavy atom. The van der Waals surface area contributed by atoms with Gasteiger partial charge < -0.3 is 0 Å². The van der Waals surface area contributed by atoms with Crippen LogP contribution in [-0.4, -0.2) is 6.71 Å². The molecule has 0 saturated carbocycles. The van der Waals surface area contributed by atoms with E-state index in [1.807, 2.05) is 0 Å². The standard InChI is InChI=1S/C42H33B/c1-25-4-10-37-28(16-25)19-31-22-34(7-13-40(31)37)43(35-8-14-41-32(23-35)20-29-17-26(2)5-11-38(29)41)36-9-15-42-33(24-36)21-30-18-27(3)6-12-39(30)42/h4-18,22-24H,19-21H2,1-3H3. The van der Waals surface area contributed by atoms with Crippen LogP contribution in [0.5, 0.6) is 0 Å². The van der Waals surface area contributed by atoms with Crippen molar-refractivity contribution < 1.29 is 0 Å². The highest BCUT2D eigenvalue weighted by Crippen LogP contribution is 2.39. The molecule has 0 spiro atoms. The molecule has 0 bridgehead atoms. The van der Waals surface area contributed by atoms with E-state index in [1.54, 1.807) is 0 Å². The fourth-order valence-corrected chi connectivity index (χ4v) is 8.19. The summed E-state index contributed by atoms with van der Waals surface area (Å²) >= 11 is 0. The number of hydrogen-bond donors (Lipinski definition) is 0. The highest BCUT2D eigenvalue weighted by molar-refractivity contribution is 6.95. The van der Waals surface area contributed by atoms with Crippen LogP contribution in [0.25, 0.3) is 33.4 Å². The number of rotatable bonds is 3. The Hall–Kier alpha value is -4.62. The SMILES string of the molecule is Cc1ccc2c(c1)Cc1cc(B(c3ccc4c(c3)Cc3cc(C)ccc3-4)c3ccc4c(c3)Cc3cc(C)ccc3-4)ccc1-2. The predicted molar refractivity (Wildman–Crippen MR) is 183 cm³/mol. The van der Waals surface area contributed by atoms with Crippen molar-refractivity contribution in [2.24, 2.45) is 0 Å². The molecule has 0 aliphatic heterocycles. The first kappa shape index (κ1) is 24.9. The van der Waals surface area contributed by atoms with Gasteiger partial charge in [-0.25, -0.2) is 0 Å². The number of fused-ring (bicyclic) bond motifs is 9. The van der Waals surface area contributed by atoms with Crippen molar-refractivity contribution in [3.63, 3.8) is 0 Å². The lowest BCUT2D eigenvalue weighted by molar-refractivity contribution is 1.25. The molecule has 0 saturated heterocycles. The van der Waals surface area contributed by atoms with Gasteiger partial charge in [0.2, 0.25) is 6.71 Å². The van der Waals surface area contributed by atoms with Gasteiger partial charge in [0.05, 0.1) is 0 Å². The van der Waals surface area contributed by atoms with Crippen LogP contribution in [-0.2, 0) is 19.3 Å². The molecule has 0 atom stereocenters. The number of aryl methyl sites for hydroxylation is 3. The van der Waals surface area contributed by atoms with Crippen molar-refractivity contribution in [3.05, 3.63) is 159 Å². The molecule has 3 aliphatic carbocycles. The molecular weight excluding hydrogens is 515 g/mol. The molecule has 1 heteroatoms. The lowest BCUT2D eigenvalue weighted by atomic mass is 9.36. The van der Waals surface area contributed by atoms with Crippen LogP contribution >= 0.6 is 0 Å². The minimum absolute atomic E-state index is 0.183. The lowest BCUT2D eigenvalue weighted by Crippen LogP contribution is -2.52. The van der Waals surface area contributed by atoms with Crippen LogP contribution in [0.15, 0.2) is 109 Å². The summed E-state index contributed by atoms with van der Waals surface area (Å²) in [5.41, 5.74) is 25.3. The van der Waals surface area contributed by atoms with Crippen molar-refractivity contribution in [1.29, 1.82) is 0 Å². The fraction of sp³-hybridized carbons (Fsp3) is 0.143. The van der Waals surface area contributed by atoms with E-state index < -0.39 is 0 Å². The van der Waals surface area contributed by atoms with Crippen molar-refractivity contribution in [1.82, 2.24) is 0 Å². The monoisotopic (exact) mass is 548 g/mol. The maximum Gasteiger partial charge on any atom is 0.241 e. The van der Waals surface area contributed by atoms with E-state index in [9.17, 15) is 0 Å². The third kappa shape index (κ3) is 3.91. The average molecular weight is 549 g/mol. The second kappa shape index (κ2) is 9.19. The second-order valence-corrected chi connectivity index (χ2v) is 13.2. The van der Waals surface area contributed by atoms with Gasteiger partial charge in [0.25, 0.3) is 0 Å². The Kier molecular flexibility index (Phi) is 5.33. The van der Waals surface area contributed by atoms with Crippen LogP contribution < -0.4 is 16.4 Å². The highest BCUT2D eigenvalue weighted by atomic mass is 14.3. The summed E-state index contributed by atoms with van der Waals surface area (Å²) in [6.07, 6.45) is 3.06. The fourth-order valence-electron chi connectivity index (χ4n) is 8.19. The maximum absolute atomic E-state index is 2.51. The molecule has 0 nitrogen and oxygen atoms in total. The van der Waals surface area contributed by atoms with Gasteiger partial charge in [0, 0.05) is 0 Å². The van der Waals surface area contributed by atoms with Gasteiger partial charge in [-0.3, -0.25) is 0 Å². The normalized spacial score (nSPS) is 13.2. The zero-order valence-electron chi connectivity index (χ0n) is 25.1. The molecular formula is C42H33B. The van der Waals surface area contributed by atoms with Crippen LogP contribution in [0, 0.1) is 20.8 Å². The third-order valence-electron chi connectivity index (χ3n) is 10.2. The summed E-state index contributed by atoms with van der Waals surface area (Å²) in [6.45, 7) is 6.78. The van der Waals surface area contributed by atoms with Gasteiger partial charge in [-0.1, -0.05) is 142 Å².